The number of thioether (sulfide) groups is 1. The summed E-state index contributed by atoms with van der Waals surface area (Å²) in [6.45, 7) is 13.7. The lowest BCUT2D eigenvalue weighted by Gasteiger charge is -2.35. The van der Waals surface area contributed by atoms with Crippen molar-refractivity contribution in [1.82, 2.24) is 19.4 Å². The van der Waals surface area contributed by atoms with Crippen molar-refractivity contribution in [3.63, 3.8) is 0 Å². The summed E-state index contributed by atoms with van der Waals surface area (Å²) in [5.74, 6) is 0.500. The molecule has 3 aromatic rings. The SMILES string of the molecule is CCN1CCN(c2ccc(Nc3nc(C)c4cc(C5=CCC=CS5)c(=O)n(C(C)C)c4n3)cc2)CC1. The molecule has 5 rings (SSSR count). The summed E-state index contributed by atoms with van der Waals surface area (Å²) in [7, 11) is 0. The molecule has 0 bridgehead atoms. The fourth-order valence-electron chi connectivity index (χ4n) is 4.84. The minimum atomic E-state index is -0.0284. The molecule has 36 heavy (non-hydrogen) atoms. The number of rotatable bonds is 6. The van der Waals surface area contributed by atoms with E-state index in [9.17, 15) is 4.79 Å². The lowest BCUT2D eigenvalue weighted by molar-refractivity contribution is 0.271. The van der Waals surface area contributed by atoms with Gasteiger partial charge < -0.3 is 15.1 Å². The average molecular weight is 503 g/mol. The minimum absolute atomic E-state index is 0.0110. The summed E-state index contributed by atoms with van der Waals surface area (Å²) in [5.41, 5.74) is 4.38. The van der Waals surface area contributed by atoms with E-state index in [1.807, 2.05) is 32.2 Å². The van der Waals surface area contributed by atoms with Crippen LogP contribution in [0.2, 0.25) is 0 Å². The summed E-state index contributed by atoms with van der Waals surface area (Å²) < 4.78 is 1.79. The van der Waals surface area contributed by atoms with Gasteiger partial charge in [0.2, 0.25) is 5.95 Å². The smallest absolute Gasteiger partial charge is 0.260 e. The molecule has 8 heteroatoms. The maximum Gasteiger partial charge on any atom is 0.260 e. The van der Waals surface area contributed by atoms with E-state index in [-0.39, 0.29) is 11.6 Å². The van der Waals surface area contributed by atoms with Crippen LogP contribution in [0, 0.1) is 6.92 Å². The Morgan fingerprint density at radius 1 is 1.08 bits per heavy atom. The zero-order valence-corrected chi connectivity index (χ0v) is 22.3. The number of hydrogen-bond donors (Lipinski definition) is 1. The van der Waals surface area contributed by atoms with Gasteiger partial charge in [0.25, 0.3) is 5.56 Å². The molecule has 2 aliphatic heterocycles. The molecular formula is C28H34N6OS. The van der Waals surface area contributed by atoms with Crippen LogP contribution in [0.1, 0.15) is 44.5 Å². The zero-order chi connectivity index (χ0) is 25.2. The van der Waals surface area contributed by atoms with Gasteiger partial charge in [0.15, 0.2) is 0 Å². The summed E-state index contributed by atoms with van der Waals surface area (Å²) in [5, 5.41) is 6.31. The van der Waals surface area contributed by atoms with Crippen molar-refractivity contribution in [2.75, 3.05) is 42.9 Å². The third kappa shape index (κ3) is 4.92. The Labute approximate surface area is 216 Å². The summed E-state index contributed by atoms with van der Waals surface area (Å²) >= 11 is 1.59. The summed E-state index contributed by atoms with van der Waals surface area (Å²) in [4.78, 5) is 29.0. The number of fused-ring (bicyclic) bond motifs is 1. The highest BCUT2D eigenvalue weighted by atomic mass is 32.2. The third-order valence-electron chi connectivity index (χ3n) is 6.90. The fraction of sp³-hybridized carbons (Fsp3) is 0.393. The van der Waals surface area contributed by atoms with Crippen LogP contribution in [0.3, 0.4) is 0 Å². The van der Waals surface area contributed by atoms with Crippen molar-refractivity contribution in [3.05, 3.63) is 69.5 Å². The molecule has 0 unspecified atom stereocenters. The van der Waals surface area contributed by atoms with E-state index in [0.717, 1.165) is 60.8 Å². The monoisotopic (exact) mass is 502 g/mol. The predicted octanol–water partition coefficient (Wildman–Crippen LogP) is 5.56. The van der Waals surface area contributed by atoms with Gasteiger partial charge in [-0.15, -0.1) is 0 Å². The first-order valence-corrected chi connectivity index (χ1v) is 13.6. The van der Waals surface area contributed by atoms with E-state index in [0.29, 0.717) is 17.2 Å². The van der Waals surface area contributed by atoms with Gasteiger partial charge in [0.05, 0.1) is 11.3 Å². The number of anilines is 3. The first-order chi connectivity index (χ1) is 17.4. The molecule has 0 saturated carbocycles. The Balaban J connectivity index is 1.44. The van der Waals surface area contributed by atoms with Crippen LogP contribution in [0.5, 0.6) is 0 Å². The summed E-state index contributed by atoms with van der Waals surface area (Å²) in [6, 6.07) is 10.4. The van der Waals surface area contributed by atoms with Crippen LogP contribution in [0.25, 0.3) is 15.9 Å². The molecule has 1 fully saturated rings. The molecule has 0 spiro atoms. The Morgan fingerprint density at radius 3 is 2.47 bits per heavy atom. The molecule has 188 valence electrons. The topological polar surface area (TPSA) is 66.3 Å². The number of piperazine rings is 1. The molecule has 2 aromatic heterocycles. The van der Waals surface area contributed by atoms with E-state index in [2.05, 4.69) is 58.5 Å². The van der Waals surface area contributed by atoms with Gasteiger partial charge in [-0.1, -0.05) is 30.8 Å². The van der Waals surface area contributed by atoms with Gasteiger partial charge in [-0.3, -0.25) is 9.36 Å². The van der Waals surface area contributed by atoms with Gasteiger partial charge in [-0.2, -0.15) is 4.98 Å². The lowest BCUT2D eigenvalue weighted by atomic mass is 10.1. The fourth-order valence-corrected chi connectivity index (χ4v) is 5.66. The van der Waals surface area contributed by atoms with Gasteiger partial charge in [-0.05, 0) is 69.5 Å². The van der Waals surface area contributed by atoms with Crippen molar-refractivity contribution in [1.29, 1.82) is 0 Å². The highest BCUT2D eigenvalue weighted by Crippen LogP contribution is 2.33. The first-order valence-electron chi connectivity index (χ1n) is 12.7. The number of nitrogens with zero attached hydrogens (tertiary/aromatic N) is 5. The summed E-state index contributed by atoms with van der Waals surface area (Å²) in [6.07, 6.45) is 5.05. The molecule has 0 aliphatic carbocycles. The zero-order valence-electron chi connectivity index (χ0n) is 21.5. The van der Waals surface area contributed by atoms with Gasteiger partial charge in [0.1, 0.15) is 5.65 Å². The van der Waals surface area contributed by atoms with Crippen molar-refractivity contribution >= 4 is 45.0 Å². The van der Waals surface area contributed by atoms with E-state index in [4.69, 9.17) is 9.97 Å². The molecule has 7 nitrogen and oxygen atoms in total. The Bertz CT molecular complexity index is 1370. The van der Waals surface area contributed by atoms with Crippen LogP contribution in [0.15, 0.2) is 52.7 Å². The largest absolute Gasteiger partial charge is 0.369 e. The van der Waals surface area contributed by atoms with Crippen LogP contribution in [0.4, 0.5) is 17.3 Å². The molecule has 0 radical (unpaired) electrons. The van der Waals surface area contributed by atoms with Crippen molar-refractivity contribution < 1.29 is 0 Å². The maximum absolute atomic E-state index is 13.5. The van der Waals surface area contributed by atoms with Gasteiger partial charge in [0, 0.05) is 53.9 Å². The molecule has 1 saturated heterocycles. The number of pyridine rings is 1. The number of allylic oxidation sites excluding steroid dienone is 2. The first kappa shape index (κ1) is 24.6. The average Bonchev–Trinajstić information content (AvgIpc) is 2.89. The molecule has 2 aliphatic rings. The van der Waals surface area contributed by atoms with Crippen molar-refractivity contribution in [3.8, 4) is 0 Å². The van der Waals surface area contributed by atoms with Crippen LogP contribution >= 0.6 is 11.8 Å². The van der Waals surface area contributed by atoms with Crippen molar-refractivity contribution in [2.45, 2.75) is 40.2 Å². The maximum atomic E-state index is 13.5. The number of nitrogens with one attached hydrogen (secondary N) is 1. The second-order valence-electron chi connectivity index (χ2n) is 9.58. The van der Waals surface area contributed by atoms with E-state index < -0.39 is 0 Å². The Kier molecular flexibility index (Phi) is 7.16. The number of hydrogen-bond acceptors (Lipinski definition) is 7. The van der Waals surface area contributed by atoms with E-state index >= 15 is 0 Å². The van der Waals surface area contributed by atoms with E-state index in [1.54, 1.807) is 16.3 Å². The Morgan fingerprint density at radius 2 is 1.83 bits per heavy atom. The molecular weight excluding hydrogens is 468 g/mol. The second kappa shape index (κ2) is 10.5. The minimum Gasteiger partial charge on any atom is -0.369 e. The standard InChI is InChI=1S/C28H34N6OS/c1-5-32-13-15-33(16-14-32)22-11-9-21(10-12-22)30-28-29-20(4)23-18-24(25-8-6-7-17-36-25)27(35)34(19(2)3)26(23)31-28/h7-12,17-19H,5-6,13-16H2,1-4H3,(H,29,30,31). The van der Waals surface area contributed by atoms with Crippen LogP contribution < -0.4 is 15.8 Å². The normalized spacial score (nSPS) is 16.6. The van der Waals surface area contributed by atoms with E-state index in [1.165, 1.54) is 5.69 Å². The molecule has 4 heterocycles. The lowest BCUT2D eigenvalue weighted by Crippen LogP contribution is -2.46. The van der Waals surface area contributed by atoms with Crippen LogP contribution in [-0.2, 0) is 0 Å². The number of benzene rings is 1. The molecule has 1 N–H and O–H groups in total. The number of aryl methyl sites for hydroxylation is 1. The van der Waals surface area contributed by atoms with Gasteiger partial charge in [-0.25, -0.2) is 4.98 Å². The predicted molar refractivity (Wildman–Crippen MR) is 152 cm³/mol. The van der Waals surface area contributed by atoms with Crippen LogP contribution in [-0.4, -0.2) is 52.2 Å². The number of likely N-dealkylation sites (N-methyl/N-ethyl adjacent to an activating group) is 1. The highest BCUT2D eigenvalue weighted by molar-refractivity contribution is 8.11. The quantitative estimate of drug-likeness (QED) is 0.473. The Hall–Kier alpha value is -3.10. The second-order valence-corrected chi connectivity index (χ2v) is 10.5. The molecule has 1 aromatic carbocycles. The highest BCUT2D eigenvalue weighted by Gasteiger charge is 2.19. The number of aromatic nitrogens is 3. The third-order valence-corrected chi connectivity index (χ3v) is 7.87. The molecule has 0 atom stereocenters. The van der Waals surface area contributed by atoms with Gasteiger partial charge >= 0.3 is 0 Å². The van der Waals surface area contributed by atoms with Crippen molar-refractivity contribution in [2.24, 2.45) is 0 Å². The molecule has 0 amide bonds.